The number of halogens is 1. The second-order valence-electron chi connectivity index (χ2n) is 5.43. The molecule has 3 rings (SSSR count). The summed E-state index contributed by atoms with van der Waals surface area (Å²) in [5.41, 5.74) is 0.731. The Morgan fingerprint density at radius 1 is 1.35 bits per heavy atom. The molecule has 0 aliphatic heterocycles. The van der Waals surface area contributed by atoms with Crippen LogP contribution in [0.1, 0.15) is 29.3 Å². The molecule has 0 spiro atoms. The van der Waals surface area contributed by atoms with E-state index in [-0.39, 0.29) is 18.4 Å². The van der Waals surface area contributed by atoms with Crippen molar-refractivity contribution in [1.29, 1.82) is 0 Å². The fourth-order valence-corrected chi connectivity index (χ4v) is 2.46. The zero-order chi connectivity index (χ0) is 16.6. The number of rotatable bonds is 5. The molecule has 0 saturated heterocycles. The maximum atomic E-state index is 12.5. The Morgan fingerprint density at radius 3 is 2.57 bits per heavy atom. The van der Waals surface area contributed by atoms with E-state index in [1.807, 2.05) is 0 Å². The number of aliphatic carboxylic acids is 1. The van der Waals surface area contributed by atoms with Gasteiger partial charge in [0, 0.05) is 11.1 Å². The Morgan fingerprint density at radius 2 is 2.00 bits per heavy atom. The van der Waals surface area contributed by atoms with Gasteiger partial charge in [-0.1, -0.05) is 11.6 Å². The molecule has 1 aliphatic rings. The second-order valence-corrected chi connectivity index (χ2v) is 5.87. The van der Waals surface area contributed by atoms with Gasteiger partial charge >= 0.3 is 5.97 Å². The largest absolute Gasteiger partial charge is 0.480 e. The Kier molecular flexibility index (Phi) is 4.04. The molecule has 1 N–H and O–H groups in total. The van der Waals surface area contributed by atoms with Gasteiger partial charge in [-0.2, -0.15) is 0 Å². The highest BCUT2D eigenvalue weighted by Gasteiger charge is 2.36. The molecule has 0 radical (unpaired) electrons. The maximum Gasteiger partial charge on any atom is 0.323 e. The molecule has 1 saturated carbocycles. The average molecular weight is 335 g/mol. The van der Waals surface area contributed by atoms with Crippen LogP contribution in [-0.4, -0.2) is 49.2 Å². The van der Waals surface area contributed by atoms with Crippen LogP contribution >= 0.6 is 11.6 Å². The summed E-state index contributed by atoms with van der Waals surface area (Å²) in [5.74, 6) is -0.947. The van der Waals surface area contributed by atoms with Crippen LogP contribution in [0, 0.1) is 6.92 Å². The van der Waals surface area contributed by atoms with Crippen molar-refractivity contribution >= 4 is 23.5 Å². The quantitative estimate of drug-likeness (QED) is 0.902. The number of hydrogen-bond acceptors (Lipinski definition) is 4. The summed E-state index contributed by atoms with van der Waals surface area (Å²) >= 11 is 5.86. The summed E-state index contributed by atoms with van der Waals surface area (Å²) in [6.07, 6.45) is 1.63. The molecule has 120 valence electrons. The van der Waals surface area contributed by atoms with Gasteiger partial charge in [-0.3, -0.25) is 9.59 Å². The third-order valence-electron chi connectivity index (χ3n) is 3.59. The van der Waals surface area contributed by atoms with Crippen LogP contribution in [0.5, 0.6) is 0 Å². The third kappa shape index (κ3) is 3.34. The number of nitrogens with zero attached hydrogens (tertiary/aromatic N) is 4. The summed E-state index contributed by atoms with van der Waals surface area (Å²) in [7, 11) is 0. The molecule has 8 heteroatoms. The van der Waals surface area contributed by atoms with Gasteiger partial charge in [0.1, 0.15) is 12.4 Å². The lowest BCUT2D eigenvalue weighted by Crippen LogP contribution is -2.38. The number of amides is 1. The van der Waals surface area contributed by atoms with E-state index in [9.17, 15) is 9.59 Å². The average Bonchev–Trinajstić information content (AvgIpc) is 3.27. The van der Waals surface area contributed by atoms with Crippen LogP contribution in [-0.2, 0) is 4.79 Å². The van der Waals surface area contributed by atoms with Crippen LogP contribution in [0.4, 0.5) is 0 Å². The first-order valence-electron chi connectivity index (χ1n) is 7.18. The first-order chi connectivity index (χ1) is 11.0. The van der Waals surface area contributed by atoms with Gasteiger partial charge in [0.05, 0.1) is 5.69 Å². The summed E-state index contributed by atoms with van der Waals surface area (Å²) < 4.78 is 1.54. The summed E-state index contributed by atoms with van der Waals surface area (Å²) in [6.45, 7) is 1.40. The molecule has 0 bridgehead atoms. The number of carboxylic acids is 1. The highest BCUT2D eigenvalue weighted by Crippen LogP contribution is 2.27. The highest BCUT2D eigenvalue weighted by atomic mass is 35.5. The second kappa shape index (κ2) is 6.00. The normalized spacial score (nSPS) is 13.8. The van der Waals surface area contributed by atoms with Crippen molar-refractivity contribution in [2.45, 2.75) is 25.8 Å². The molecule has 1 aromatic carbocycles. The van der Waals surface area contributed by atoms with E-state index >= 15 is 0 Å². The molecule has 23 heavy (non-hydrogen) atoms. The first-order valence-corrected chi connectivity index (χ1v) is 7.56. The van der Waals surface area contributed by atoms with Gasteiger partial charge in [-0.15, -0.1) is 5.10 Å². The zero-order valence-corrected chi connectivity index (χ0v) is 13.2. The molecule has 1 heterocycles. The molecule has 0 atom stereocenters. The van der Waals surface area contributed by atoms with Crippen molar-refractivity contribution in [3.63, 3.8) is 0 Å². The van der Waals surface area contributed by atoms with Crippen molar-refractivity contribution in [2.75, 3.05) is 6.54 Å². The summed E-state index contributed by atoms with van der Waals surface area (Å²) in [5, 5.41) is 13.8. The minimum absolute atomic E-state index is 0.00519. The summed E-state index contributed by atoms with van der Waals surface area (Å²) in [6, 6.07) is 6.96. The molecule has 1 fully saturated rings. The molecule has 0 unspecified atom stereocenters. The Bertz CT molecular complexity index is 753. The van der Waals surface area contributed by atoms with E-state index in [2.05, 4.69) is 10.1 Å². The maximum absolute atomic E-state index is 12.5. The minimum Gasteiger partial charge on any atom is -0.480 e. The first kappa shape index (κ1) is 15.5. The predicted octanol–water partition coefficient (Wildman–Crippen LogP) is 1.92. The lowest BCUT2D eigenvalue weighted by atomic mass is 10.3. The number of benzene rings is 1. The van der Waals surface area contributed by atoms with E-state index < -0.39 is 11.9 Å². The lowest BCUT2D eigenvalue weighted by molar-refractivity contribution is -0.137. The fraction of sp³-hybridized carbons (Fsp3) is 0.333. The molecule has 2 aromatic rings. The number of carbonyl (C=O) groups is 2. The van der Waals surface area contributed by atoms with Gasteiger partial charge in [0.15, 0.2) is 0 Å². The lowest BCUT2D eigenvalue weighted by Gasteiger charge is -2.18. The van der Waals surface area contributed by atoms with Gasteiger partial charge in [0.25, 0.3) is 5.91 Å². The molecule has 1 amide bonds. The minimum atomic E-state index is -1.04. The van der Waals surface area contributed by atoms with Crippen molar-refractivity contribution < 1.29 is 14.7 Å². The summed E-state index contributed by atoms with van der Waals surface area (Å²) in [4.78, 5) is 29.0. The van der Waals surface area contributed by atoms with Crippen LogP contribution < -0.4 is 0 Å². The molecule has 1 aliphatic carbocycles. The molecule has 7 nitrogen and oxygen atoms in total. The third-order valence-corrected chi connectivity index (χ3v) is 3.84. The van der Waals surface area contributed by atoms with Gasteiger partial charge < -0.3 is 10.0 Å². The molecular weight excluding hydrogens is 320 g/mol. The van der Waals surface area contributed by atoms with E-state index in [0.717, 1.165) is 18.5 Å². The van der Waals surface area contributed by atoms with Crippen molar-refractivity contribution in [3.8, 4) is 5.69 Å². The van der Waals surface area contributed by atoms with Crippen molar-refractivity contribution in [3.05, 3.63) is 40.9 Å². The Hall–Kier alpha value is -2.41. The van der Waals surface area contributed by atoms with Gasteiger partial charge in [-0.25, -0.2) is 9.67 Å². The molecule has 1 aromatic heterocycles. The van der Waals surface area contributed by atoms with E-state index in [1.165, 1.54) is 9.58 Å². The monoisotopic (exact) mass is 334 g/mol. The standard InChI is InChI=1S/C15H15ClN4O3/c1-9-17-14(15(23)19(8-13(21)22)11-6-7-11)18-20(9)12-4-2-10(16)3-5-12/h2-5,11H,6-8H2,1H3,(H,21,22). The van der Waals surface area contributed by atoms with E-state index in [4.69, 9.17) is 16.7 Å². The van der Waals surface area contributed by atoms with Crippen molar-refractivity contribution in [1.82, 2.24) is 19.7 Å². The van der Waals surface area contributed by atoms with Crippen LogP contribution in [0.25, 0.3) is 5.69 Å². The predicted molar refractivity (Wildman–Crippen MR) is 82.8 cm³/mol. The van der Waals surface area contributed by atoms with E-state index in [0.29, 0.717) is 10.8 Å². The molecular formula is C15H15ClN4O3. The van der Waals surface area contributed by atoms with Crippen LogP contribution in [0.15, 0.2) is 24.3 Å². The Balaban J connectivity index is 1.88. The number of hydrogen-bond donors (Lipinski definition) is 1. The number of carbonyl (C=O) groups excluding carboxylic acids is 1. The van der Waals surface area contributed by atoms with Crippen molar-refractivity contribution in [2.24, 2.45) is 0 Å². The SMILES string of the molecule is Cc1nc(C(=O)N(CC(=O)O)C2CC2)nn1-c1ccc(Cl)cc1. The van der Waals surface area contributed by atoms with Crippen LogP contribution in [0.3, 0.4) is 0 Å². The smallest absolute Gasteiger partial charge is 0.323 e. The highest BCUT2D eigenvalue weighted by molar-refractivity contribution is 6.30. The topological polar surface area (TPSA) is 88.3 Å². The fourth-order valence-electron chi connectivity index (χ4n) is 2.33. The number of carboxylic acid groups (broad SMARTS) is 1. The number of aromatic nitrogens is 3. The zero-order valence-electron chi connectivity index (χ0n) is 12.4. The van der Waals surface area contributed by atoms with E-state index in [1.54, 1.807) is 31.2 Å². The van der Waals surface area contributed by atoms with Gasteiger partial charge in [0.2, 0.25) is 5.82 Å². The Labute approximate surface area is 137 Å². The number of aryl methyl sites for hydroxylation is 1. The van der Waals surface area contributed by atoms with Crippen LogP contribution in [0.2, 0.25) is 5.02 Å². The van der Waals surface area contributed by atoms with Gasteiger partial charge in [-0.05, 0) is 44.0 Å².